The first-order chi connectivity index (χ1) is 10.8. The van der Waals surface area contributed by atoms with Gasteiger partial charge in [-0.25, -0.2) is 0 Å². The fourth-order valence-corrected chi connectivity index (χ4v) is 4.82. The minimum atomic E-state index is -0.220. The molecule has 23 heavy (non-hydrogen) atoms. The third-order valence-corrected chi connectivity index (χ3v) is 6.39. The van der Waals surface area contributed by atoms with Crippen LogP contribution in [0.1, 0.15) is 43.7 Å². The summed E-state index contributed by atoms with van der Waals surface area (Å²) in [6.45, 7) is 9.26. The lowest BCUT2D eigenvalue weighted by atomic mass is 9.57. The zero-order chi connectivity index (χ0) is 16.8. The van der Waals surface area contributed by atoms with Crippen molar-refractivity contribution >= 4 is 17.3 Å². The zero-order valence-electron chi connectivity index (χ0n) is 14.3. The van der Waals surface area contributed by atoms with E-state index in [0.29, 0.717) is 12.5 Å². The Balaban J connectivity index is 1.58. The largest absolute Gasteiger partial charge is 0.461 e. The number of esters is 1. The van der Waals surface area contributed by atoms with Crippen LogP contribution in [0.5, 0.6) is 0 Å². The summed E-state index contributed by atoms with van der Waals surface area (Å²) in [5, 5.41) is 0. The van der Waals surface area contributed by atoms with Crippen LogP contribution in [-0.2, 0) is 20.8 Å². The average molecular weight is 339 g/mol. The van der Waals surface area contributed by atoms with Gasteiger partial charge in [-0.2, -0.15) is 0 Å². The molecule has 128 valence electrons. The van der Waals surface area contributed by atoms with Crippen molar-refractivity contribution in [1.82, 2.24) is 4.57 Å². The van der Waals surface area contributed by atoms with E-state index in [-0.39, 0.29) is 34.9 Å². The molecular weight excluding hydrogens is 314 g/mol. The first-order valence-corrected chi connectivity index (χ1v) is 9.12. The Morgan fingerprint density at radius 2 is 2.17 bits per heavy atom. The second-order valence-electron chi connectivity index (χ2n) is 7.24. The molecule has 2 aliphatic rings. The number of carbonyl (C=O) groups is 1. The number of ether oxygens (including phenoxy) is 2. The number of hydrogen-bond donors (Lipinski definition) is 0. The van der Waals surface area contributed by atoms with Gasteiger partial charge in [-0.15, -0.1) is 0 Å². The lowest BCUT2D eigenvalue weighted by Crippen LogP contribution is -2.65. The van der Waals surface area contributed by atoms with Crippen molar-refractivity contribution in [2.24, 2.45) is 11.3 Å². The van der Waals surface area contributed by atoms with Crippen LogP contribution in [0.4, 0.5) is 0 Å². The average Bonchev–Trinajstić information content (AvgIpc) is 2.76. The van der Waals surface area contributed by atoms with Gasteiger partial charge in [0.1, 0.15) is 6.10 Å². The van der Waals surface area contributed by atoms with E-state index < -0.39 is 0 Å². The van der Waals surface area contributed by atoms with Crippen LogP contribution in [0.25, 0.3) is 0 Å². The van der Waals surface area contributed by atoms with Gasteiger partial charge in [0.15, 0.2) is 0 Å². The topological polar surface area (TPSA) is 57.5 Å². The summed E-state index contributed by atoms with van der Waals surface area (Å²) in [5.74, 6) is 0.109. The molecule has 2 heterocycles. The van der Waals surface area contributed by atoms with Crippen molar-refractivity contribution < 1.29 is 14.3 Å². The monoisotopic (exact) mass is 339 g/mol. The maximum absolute atomic E-state index is 12.2. The molecule has 1 aliphatic heterocycles. The molecule has 6 heteroatoms. The molecule has 3 atom stereocenters. The minimum Gasteiger partial charge on any atom is -0.461 e. The number of aromatic nitrogens is 1. The van der Waals surface area contributed by atoms with E-state index in [4.69, 9.17) is 9.47 Å². The van der Waals surface area contributed by atoms with Gasteiger partial charge in [0.05, 0.1) is 12.5 Å². The van der Waals surface area contributed by atoms with Gasteiger partial charge in [-0.1, -0.05) is 25.2 Å². The van der Waals surface area contributed by atoms with E-state index in [2.05, 4.69) is 13.8 Å². The molecule has 1 saturated carbocycles. The second-order valence-corrected chi connectivity index (χ2v) is 8.41. The Morgan fingerprint density at radius 3 is 2.83 bits per heavy atom. The second kappa shape index (κ2) is 6.06. The van der Waals surface area contributed by atoms with E-state index in [1.807, 2.05) is 13.8 Å². The van der Waals surface area contributed by atoms with Gasteiger partial charge < -0.3 is 14.0 Å². The van der Waals surface area contributed by atoms with Gasteiger partial charge >= 0.3 is 10.8 Å². The number of fused-ring (bicyclic) bond motifs is 1. The standard InChI is InChI=1S/C17H25NO4S/c1-10-11(2)23-16(20)18(10)8-7-13(19)22-15-12-6-5-9-21-14(12)17(15,3)4/h12,14-15H,5-9H2,1-4H3/t12-,14+,15-/m1/s1. The number of carbonyl (C=O) groups excluding carboxylic acids is 1. The lowest BCUT2D eigenvalue weighted by Gasteiger charge is -2.58. The number of nitrogens with zero attached hydrogens (tertiary/aromatic N) is 1. The molecule has 0 unspecified atom stereocenters. The van der Waals surface area contributed by atoms with Gasteiger partial charge in [0.25, 0.3) is 0 Å². The van der Waals surface area contributed by atoms with Crippen LogP contribution in [-0.4, -0.2) is 29.4 Å². The van der Waals surface area contributed by atoms with Crippen molar-refractivity contribution in [3.63, 3.8) is 0 Å². The van der Waals surface area contributed by atoms with Crippen LogP contribution in [0, 0.1) is 25.2 Å². The first kappa shape index (κ1) is 16.7. The predicted octanol–water partition coefficient (Wildman–Crippen LogP) is 2.66. The van der Waals surface area contributed by atoms with Crippen molar-refractivity contribution in [2.75, 3.05) is 6.61 Å². The van der Waals surface area contributed by atoms with E-state index in [1.54, 1.807) is 4.57 Å². The summed E-state index contributed by atoms with van der Waals surface area (Å²) in [6.07, 6.45) is 2.48. The Bertz CT molecular complexity index is 660. The quantitative estimate of drug-likeness (QED) is 0.792. The maximum Gasteiger partial charge on any atom is 0.307 e. The highest BCUT2D eigenvalue weighted by Gasteiger charge is 2.60. The Labute approximate surface area is 140 Å². The predicted molar refractivity (Wildman–Crippen MR) is 88.8 cm³/mol. The summed E-state index contributed by atoms with van der Waals surface area (Å²) >= 11 is 1.23. The maximum atomic E-state index is 12.2. The molecule has 1 aliphatic carbocycles. The van der Waals surface area contributed by atoms with Gasteiger partial charge in [-0.05, 0) is 26.7 Å². The minimum absolute atomic E-state index is 0.00230. The molecule has 0 bridgehead atoms. The van der Waals surface area contributed by atoms with Crippen molar-refractivity contribution in [2.45, 2.75) is 65.7 Å². The number of aryl methyl sites for hydroxylation is 1. The van der Waals surface area contributed by atoms with Crippen LogP contribution in [0.3, 0.4) is 0 Å². The lowest BCUT2D eigenvalue weighted by molar-refractivity contribution is -0.254. The normalized spacial score (nSPS) is 28.8. The molecule has 0 spiro atoms. The molecule has 2 fully saturated rings. The molecule has 0 aromatic carbocycles. The zero-order valence-corrected chi connectivity index (χ0v) is 15.1. The molecule has 0 amide bonds. The highest BCUT2D eigenvalue weighted by molar-refractivity contribution is 7.09. The van der Waals surface area contributed by atoms with Crippen LogP contribution in [0.15, 0.2) is 4.79 Å². The summed E-state index contributed by atoms with van der Waals surface area (Å²) in [6, 6.07) is 0. The number of rotatable bonds is 4. The fourth-order valence-electron chi connectivity index (χ4n) is 3.96. The number of thiazole rings is 1. The molecular formula is C17H25NO4S. The van der Waals surface area contributed by atoms with E-state index >= 15 is 0 Å². The van der Waals surface area contributed by atoms with Crippen LogP contribution < -0.4 is 4.87 Å². The molecule has 0 radical (unpaired) electrons. The molecule has 1 aromatic rings. The SMILES string of the molecule is Cc1sc(=O)n(CCC(=O)O[C@@H]2[C@@H]3CCCO[C@@H]3C2(C)C)c1C. The molecule has 1 aromatic heterocycles. The van der Waals surface area contributed by atoms with E-state index in [1.165, 1.54) is 11.3 Å². The number of hydrogen-bond acceptors (Lipinski definition) is 5. The Kier molecular flexibility index (Phi) is 4.40. The Morgan fingerprint density at radius 1 is 1.43 bits per heavy atom. The summed E-state index contributed by atoms with van der Waals surface area (Å²) in [5.41, 5.74) is 0.824. The van der Waals surface area contributed by atoms with Crippen LogP contribution >= 0.6 is 11.3 Å². The summed E-state index contributed by atoms with van der Waals surface area (Å²) in [7, 11) is 0. The highest BCUT2D eigenvalue weighted by Crippen LogP contribution is 2.52. The van der Waals surface area contributed by atoms with Crippen molar-refractivity contribution in [3.8, 4) is 0 Å². The van der Waals surface area contributed by atoms with Gasteiger partial charge in [0.2, 0.25) is 0 Å². The molecule has 5 nitrogen and oxygen atoms in total. The summed E-state index contributed by atoms with van der Waals surface area (Å²) < 4.78 is 13.2. The highest BCUT2D eigenvalue weighted by atomic mass is 32.1. The summed E-state index contributed by atoms with van der Waals surface area (Å²) in [4.78, 5) is 25.1. The van der Waals surface area contributed by atoms with Gasteiger partial charge in [-0.3, -0.25) is 9.59 Å². The van der Waals surface area contributed by atoms with E-state index in [0.717, 1.165) is 30.0 Å². The third kappa shape index (κ3) is 2.87. The van der Waals surface area contributed by atoms with Crippen molar-refractivity contribution in [1.29, 1.82) is 0 Å². The molecule has 1 saturated heterocycles. The molecule has 3 rings (SSSR count). The molecule has 0 N–H and O–H groups in total. The van der Waals surface area contributed by atoms with Crippen LogP contribution in [0.2, 0.25) is 0 Å². The fraction of sp³-hybridized carbons (Fsp3) is 0.765. The smallest absolute Gasteiger partial charge is 0.307 e. The first-order valence-electron chi connectivity index (χ1n) is 8.30. The third-order valence-electron chi connectivity index (χ3n) is 5.40. The van der Waals surface area contributed by atoms with E-state index in [9.17, 15) is 9.59 Å². The van der Waals surface area contributed by atoms with Crippen molar-refractivity contribution in [3.05, 3.63) is 20.2 Å². The Hall–Kier alpha value is -1.14. The van der Waals surface area contributed by atoms with Gasteiger partial charge in [0, 0.05) is 35.1 Å².